The van der Waals surface area contributed by atoms with E-state index in [1.165, 1.54) is 12.8 Å². The molecule has 4 heteroatoms. The Morgan fingerprint density at radius 2 is 2.06 bits per heavy atom. The van der Waals surface area contributed by atoms with Gasteiger partial charge in [0.1, 0.15) is 11.5 Å². The Morgan fingerprint density at radius 3 is 2.71 bits per heavy atom. The second-order valence-electron chi connectivity index (χ2n) is 3.81. The first-order valence-corrected chi connectivity index (χ1v) is 6.68. The number of unbranched alkanes of at least 4 members (excludes halogenated alkanes) is 2. The highest BCUT2D eigenvalue weighted by Crippen LogP contribution is 2.29. The SMILES string of the molecule is CNCCCCCOc1ccc(OC)cc1Br. The minimum absolute atomic E-state index is 0.759. The first-order valence-electron chi connectivity index (χ1n) is 5.89. The van der Waals surface area contributed by atoms with Crippen LogP contribution in [0.3, 0.4) is 0 Å². The fourth-order valence-corrected chi connectivity index (χ4v) is 1.96. The molecule has 0 saturated carbocycles. The van der Waals surface area contributed by atoms with E-state index in [1.54, 1.807) is 7.11 Å². The molecular formula is C13H20BrNO2. The number of benzene rings is 1. The smallest absolute Gasteiger partial charge is 0.133 e. The molecule has 0 aliphatic carbocycles. The van der Waals surface area contributed by atoms with E-state index in [9.17, 15) is 0 Å². The van der Waals surface area contributed by atoms with Crippen molar-refractivity contribution < 1.29 is 9.47 Å². The number of hydrogen-bond acceptors (Lipinski definition) is 3. The van der Waals surface area contributed by atoms with Crippen molar-refractivity contribution in [2.45, 2.75) is 19.3 Å². The predicted molar refractivity (Wildman–Crippen MR) is 74.0 cm³/mol. The molecule has 0 unspecified atom stereocenters. The van der Waals surface area contributed by atoms with Gasteiger partial charge < -0.3 is 14.8 Å². The van der Waals surface area contributed by atoms with Crippen molar-refractivity contribution >= 4 is 15.9 Å². The lowest BCUT2D eigenvalue weighted by Crippen LogP contribution is -2.08. The third-order valence-corrected chi connectivity index (χ3v) is 3.09. The number of hydrogen-bond donors (Lipinski definition) is 1. The zero-order valence-corrected chi connectivity index (χ0v) is 12.0. The summed E-state index contributed by atoms with van der Waals surface area (Å²) in [6, 6.07) is 5.74. The molecule has 96 valence electrons. The van der Waals surface area contributed by atoms with Crippen molar-refractivity contribution in [1.82, 2.24) is 5.32 Å². The van der Waals surface area contributed by atoms with Gasteiger partial charge in [-0.05, 0) is 67.0 Å². The van der Waals surface area contributed by atoms with Crippen LogP contribution in [0.25, 0.3) is 0 Å². The van der Waals surface area contributed by atoms with Gasteiger partial charge >= 0.3 is 0 Å². The fourth-order valence-electron chi connectivity index (χ4n) is 1.49. The Bertz CT molecular complexity index is 331. The van der Waals surface area contributed by atoms with Gasteiger partial charge in [-0.25, -0.2) is 0 Å². The second-order valence-corrected chi connectivity index (χ2v) is 4.66. The molecule has 0 fully saturated rings. The summed E-state index contributed by atoms with van der Waals surface area (Å²) >= 11 is 3.47. The van der Waals surface area contributed by atoms with Crippen LogP contribution in [-0.2, 0) is 0 Å². The molecule has 0 aliphatic rings. The largest absolute Gasteiger partial charge is 0.497 e. The first-order chi connectivity index (χ1) is 8.27. The van der Waals surface area contributed by atoms with Gasteiger partial charge in [-0.15, -0.1) is 0 Å². The molecule has 1 rings (SSSR count). The van der Waals surface area contributed by atoms with Crippen molar-refractivity contribution in [2.24, 2.45) is 0 Å². The van der Waals surface area contributed by atoms with Gasteiger partial charge in [0.2, 0.25) is 0 Å². The molecule has 0 amide bonds. The Morgan fingerprint density at radius 1 is 1.24 bits per heavy atom. The van der Waals surface area contributed by atoms with Gasteiger partial charge in [0, 0.05) is 0 Å². The normalized spacial score (nSPS) is 10.3. The molecule has 0 saturated heterocycles. The maximum absolute atomic E-state index is 5.69. The van der Waals surface area contributed by atoms with Crippen LogP contribution in [0, 0.1) is 0 Å². The highest BCUT2D eigenvalue weighted by Gasteiger charge is 2.02. The number of halogens is 1. The van der Waals surface area contributed by atoms with E-state index in [0.29, 0.717) is 0 Å². The molecule has 17 heavy (non-hydrogen) atoms. The van der Waals surface area contributed by atoms with Crippen LogP contribution in [0.1, 0.15) is 19.3 Å². The monoisotopic (exact) mass is 301 g/mol. The summed E-state index contributed by atoms with van der Waals surface area (Å²) < 4.78 is 11.8. The van der Waals surface area contributed by atoms with E-state index in [2.05, 4.69) is 21.2 Å². The highest BCUT2D eigenvalue weighted by atomic mass is 79.9. The van der Waals surface area contributed by atoms with Gasteiger partial charge in [0.15, 0.2) is 0 Å². The van der Waals surface area contributed by atoms with Crippen molar-refractivity contribution in [1.29, 1.82) is 0 Å². The minimum Gasteiger partial charge on any atom is -0.497 e. The summed E-state index contributed by atoms with van der Waals surface area (Å²) in [5.74, 6) is 1.71. The fraction of sp³-hybridized carbons (Fsp3) is 0.538. The van der Waals surface area contributed by atoms with Crippen LogP contribution in [0.5, 0.6) is 11.5 Å². The molecule has 0 radical (unpaired) electrons. The Labute approximate surface area is 112 Å². The third-order valence-electron chi connectivity index (χ3n) is 2.47. The average molecular weight is 302 g/mol. The maximum atomic E-state index is 5.69. The third kappa shape index (κ3) is 5.41. The van der Waals surface area contributed by atoms with Crippen LogP contribution in [-0.4, -0.2) is 27.3 Å². The number of nitrogens with one attached hydrogen (secondary N) is 1. The van der Waals surface area contributed by atoms with E-state index in [4.69, 9.17) is 9.47 Å². The lowest BCUT2D eigenvalue weighted by atomic mass is 10.2. The number of rotatable bonds is 8. The molecule has 0 spiro atoms. The van der Waals surface area contributed by atoms with Gasteiger partial charge in [0.25, 0.3) is 0 Å². The molecule has 1 aromatic carbocycles. The zero-order chi connectivity index (χ0) is 12.5. The van der Waals surface area contributed by atoms with Crippen LogP contribution >= 0.6 is 15.9 Å². The summed E-state index contributed by atoms with van der Waals surface area (Å²) in [5, 5.41) is 3.14. The van der Waals surface area contributed by atoms with Gasteiger partial charge in [-0.1, -0.05) is 0 Å². The molecule has 1 aromatic rings. The highest BCUT2D eigenvalue weighted by molar-refractivity contribution is 9.10. The minimum atomic E-state index is 0.759. The van der Waals surface area contributed by atoms with Crippen molar-refractivity contribution in [3.63, 3.8) is 0 Å². The lowest BCUT2D eigenvalue weighted by molar-refractivity contribution is 0.302. The molecule has 0 aromatic heterocycles. The molecule has 0 atom stereocenters. The Kier molecular flexibility index (Phi) is 7.05. The van der Waals surface area contributed by atoms with Gasteiger partial charge in [0.05, 0.1) is 18.2 Å². The summed E-state index contributed by atoms with van der Waals surface area (Å²) in [4.78, 5) is 0. The van der Waals surface area contributed by atoms with E-state index in [0.717, 1.165) is 35.5 Å². The summed E-state index contributed by atoms with van der Waals surface area (Å²) in [6.45, 7) is 1.83. The van der Waals surface area contributed by atoms with Crippen molar-refractivity contribution in [3.05, 3.63) is 22.7 Å². The average Bonchev–Trinajstić information content (AvgIpc) is 2.35. The molecule has 0 aliphatic heterocycles. The van der Waals surface area contributed by atoms with Gasteiger partial charge in [-0.3, -0.25) is 0 Å². The topological polar surface area (TPSA) is 30.5 Å². The molecule has 0 bridgehead atoms. The first kappa shape index (κ1) is 14.3. The summed E-state index contributed by atoms with van der Waals surface area (Å²) in [6.07, 6.45) is 3.47. The van der Waals surface area contributed by atoms with Crippen LogP contribution in [0.15, 0.2) is 22.7 Å². The standard InChI is InChI=1S/C13H20BrNO2/c1-15-8-4-3-5-9-17-13-7-6-11(16-2)10-12(13)14/h6-7,10,15H,3-5,8-9H2,1-2H3. The summed E-state index contributed by atoms with van der Waals surface area (Å²) in [5.41, 5.74) is 0. The van der Waals surface area contributed by atoms with E-state index < -0.39 is 0 Å². The predicted octanol–water partition coefficient (Wildman–Crippen LogP) is 3.23. The van der Waals surface area contributed by atoms with Crippen LogP contribution in [0.2, 0.25) is 0 Å². The van der Waals surface area contributed by atoms with E-state index in [1.807, 2.05) is 25.2 Å². The van der Waals surface area contributed by atoms with E-state index in [-0.39, 0.29) is 0 Å². The van der Waals surface area contributed by atoms with Crippen LogP contribution in [0.4, 0.5) is 0 Å². The quantitative estimate of drug-likeness (QED) is 0.748. The molecule has 0 heterocycles. The molecule has 3 nitrogen and oxygen atoms in total. The zero-order valence-electron chi connectivity index (χ0n) is 10.5. The maximum Gasteiger partial charge on any atom is 0.133 e. The van der Waals surface area contributed by atoms with Gasteiger partial charge in [-0.2, -0.15) is 0 Å². The van der Waals surface area contributed by atoms with Crippen molar-refractivity contribution in [3.8, 4) is 11.5 Å². The summed E-state index contributed by atoms with van der Waals surface area (Å²) in [7, 11) is 3.63. The van der Waals surface area contributed by atoms with Crippen LogP contribution < -0.4 is 14.8 Å². The number of ether oxygens (including phenoxy) is 2. The van der Waals surface area contributed by atoms with Crippen molar-refractivity contribution in [2.75, 3.05) is 27.3 Å². The Hall–Kier alpha value is -0.740. The number of methoxy groups -OCH3 is 1. The lowest BCUT2D eigenvalue weighted by Gasteiger charge is -2.09. The van der Waals surface area contributed by atoms with E-state index >= 15 is 0 Å². The second kappa shape index (κ2) is 8.37. The molecular weight excluding hydrogens is 282 g/mol. The Balaban J connectivity index is 2.27. The molecule has 1 N–H and O–H groups in total.